The molecule has 1 nitrogen and oxygen atoms in total. The van der Waals surface area contributed by atoms with E-state index in [1.807, 2.05) is 23.5 Å². The second-order valence-electron chi connectivity index (χ2n) is 4.08. The highest BCUT2D eigenvalue weighted by atomic mass is 32.2. The third-order valence-electron chi connectivity index (χ3n) is 2.86. The van der Waals surface area contributed by atoms with Crippen molar-refractivity contribution >= 4 is 53.3 Å². The van der Waals surface area contributed by atoms with E-state index in [1.54, 1.807) is 0 Å². The molecule has 0 amide bonds. The van der Waals surface area contributed by atoms with Crippen LogP contribution in [-0.2, 0) is 4.79 Å². The maximum atomic E-state index is 11.3. The van der Waals surface area contributed by atoms with Gasteiger partial charge in [0.25, 0.3) is 0 Å². The molecule has 2 heterocycles. The number of carbonyl (C=O) groups is 1. The molecule has 2 aliphatic heterocycles. The first-order valence-electron chi connectivity index (χ1n) is 5.78. The lowest BCUT2D eigenvalue weighted by atomic mass is 10.1. The fourth-order valence-corrected chi connectivity index (χ4v) is 7.71. The van der Waals surface area contributed by atoms with Gasteiger partial charge in [-0.15, -0.1) is 23.5 Å². The molecule has 0 radical (unpaired) electrons. The van der Waals surface area contributed by atoms with Gasteiger partial charge in [0.1, 0.15) is 10.4 Å². The second kappa shape index (κ2) is 6.86. The summed E-state index contributed by atoms with van der Waals surface area (Å²) in [4.78, 5) is 11.3. The fourth-order valence-electron chi connectivity index (χ4n) is 2.06. The second-order valence-corrected chi connectivity index (χ2v) is 9.82. The fraction of sp³-hybridized carbons (Fsp3) is 0.909. The van der Waals surface area contributed by atoms with Crippen molar-refractivity contribution in [2.45, 2.75) is 28.6 Å². The van der Waals surface area contributed by atoms with Crippen LogP contribution in [0.2, 0.25) is 0 Å². The molecule has 0 saturated carbocycles. The Morgan fingerprint density at radius 1 is 1.12 bits per heavy atom. The van der Waals surface area contributed by atoms with E-state index in [0.29, 0.717) is 5.25 Å². The van der Waals surface area contributed by atoms with Crippen molar-refractivity contribution in [3.8, 4) is 0 Å². The van der Waals surface area contributed by atoms with Crippen LogP contribution in [0.1, 0.15) is 19.3 Å². The molecule has 2 saturated heterocycles. The molecular weight excluding hydrogens is 276 g/mol. The summed E-state index contributed by atoms with van der Waals surface area (Å²) < 4.78 is -0.0932. The molecule has 0 N–H and O–H groups in total. The van der Waals surface area contributed by atoms with E-state index >= 15 is 0 Å². The quantitative estimate of drug-likeness (QED) is 0.740. The van der Waals surface area contributed by atoms with Crippen molar-refractivity contribution < 1.29 is 4.79 Å². The first-order valence-corrected chi connectivity index (χ1v) is 9.96. The maximum absolute atomic E-state index is 11.3. The molecule has 0 aliphatic carbocycles. The maximum Gasteiger partial charge on any atom is 0.146 e. The molecule has 16 heavy (non-hydrogen) atoms. The number of aldehydes is 1. The summed E-state index contributed by atoms with van der Waals surface area (Å²) in [6.45, 7) is 0. The average Bonchev–Trinajstić information content (AvgIpc) is 2.71. The number of carbonyl (C=O) groups excluding carboxylic acids is 1. The Labute approximate surface area is 115 Å². The predicted octanol–water partition coefficient (Wildman–Crippen LogP) is 3.38. The normalized spacial score (nSPS) is 30.6. The van der Waals surface area contributed by atoms with Crippen molar-refractivity contribution in [3.05, 3.63) is 0 Å². The third kappa shape index (κ3) is 3.79. The van der Waals surface area contributed by atoms with Crippen molar-refractivity contribution in [2.24, 2.45) is 0 Å². The average molecular weight is 295 g/mol. The van der Waals surface area contributed by atoms with Gasteiger partial charge in [-0.3, -0.25) is 0 Å². The molecule has 0 aromatic rings. The topological polar surface area (TPSA) is 17.1 Å². The molecule has 0 bridgehead atoms. The van der Waals surface area contributed by atoms with E-state index in [1.165, 1.54) is 36.4 Å². The molecule has 92 valence electrons. The minimum absolute atomic E-state index is 0.0932. The first-order chi connectivity index (χ1) is 7.85. The lowest BCUT2D eigenvalue weighted by molar-refractivity contribution is -0.108. The Morgan fingerprint density at radius 3 is 2.69 bits per heavy atom. The summed E-state index contributed by atoms with van der Waals surface area (Å²) in [5.74, 6) is 6.16. The van der Waals surface area contributed by atoms with Crippen LogP contribution in [0.25, 0.3) is 0 Å². The molecule has 2 aliphatic rings. The molecular formula is C11H18OS4. The van der Waals surface area contributed by atoms with Gasteiger partial charge < -0.3 is 4.79 Å². The summed E-state index contributed by atoms with van der Waals surface area (Å²) in [6.07, 6.45) is 4.92. The van der Waals surface area contributed by atoms with Gasteiger partial charge >= 0.3 is 0 Å². The van der Waals surface area contributed by atoms with Gasteiger partial charge in [-0.05, 0) is 25.0 Å². The van der Waals surface area contributed by atoms with Gasteiger partial charge in [-0.1, -0.05) is 0 Å². The van der Waals surface area contributed by atoms with E-state index in [4.69, 9.17) is 0 Å². The van der Waals surface area contributed by atoms with E-state index in [2.05, 4.69) is 23.5 Å². The minimum atomic E-state index is -0.0932. The van der Waals surface area contributed by atoms with Crippen LogP contribution >= 0.6 is 47.0 Å². The molecule has 0 spiro atoms. The first kappa shape index (κ1) is 13.5. The number of thioether (sulfide) groups is 4. The van der Waals surface area contributed by atoms with Crippen LogP contribution in [0, 0.1) is 0 Å². The molecule has 1 unspecified atom stereocenters. The zero-order valence-electron chi connectivity index (χ0n) is 9.35. The van der Waals surface area contributed by atoms with Crippen LogP contribution in [-0.4, -0.2) is 44.4 Å². The van der Waals surface area contributed by atoms with Crippen LogP contribution in [0.5, 0.6) is 0 Å². The highest BCUT2D eigenvalue weighted by Gasteiger charge is 2.37. The number of hydrogen-bond acceptors (Lipinski definition) is 5. The standard InChI is InChI=1S/C11H18OS4/c12-9-11(15-6-7-16-11)8-10-2-1-3-13-4-5-14-10/h9-10H,1-8H2. The van der Waals surface area contributed by atoms with Gasteiger partial charge in [-0.2, -0.15) is 23.5 Å². The third-order valence-corrected chi connectivity index (χ3v) is 8.79. The predicted molar refractivity (Wildman–Crippen MR) is 81.1 cm³/mol. The van der Waals surface area contributed by atoms with Gasteiger partial charge in [0.05, 0.1) is 0 Å². The monoisotopic (exact) mass is 294 g/mol. The molecule has 5 heteroatoms. The summed E-state index contributed by atoms with van der Waals surface area (Å²) in [6, 6.07) is 0. The van der Waals surface area contributed by atoms with Crippen molar-refractivity contribution in [2.75, 3.05) is 28.8 Å². The largest absolute Gasteiger partial charge is 0.301 e. The minimum Gasteiger partial charge on any atom is -0.301 e. The lowest BCUT2D eigenvalue weighted by Gasteiger charge is -2.27. The molecule has 1 atom stereocenters. The van der Waals surface area contributed by atoms with Crippen molar-refractivity contribution in [3.63, 3.8) is 0 Å². The van der Waals surface area contributed by atoms with Crippen LogP contribution in [0.15, 0.2) is 0 Å². The van der Waals surface area contributed by atoms with Gasteiger partial charge in [0, 0.05) is 28.3 Å². The summed E-state index contributed by atoms with van der Waals surface area (Å²) >= 11 is 7.91. The smallest absolute Gasteiger partial charge is 0.146 e. The lowest BCUT2D eigenvalue weighted by Crippen LogP contribution is -2.25. The van der Waals surface area contributed by atoms with E-state index in [9.17, 15) is 4.79 Å². The summed E-state index contributed by atoms with van der Waals surface area (Å²) in [5, 5.41) is 0.712. The van der Waals surface area contributed by atoms with E-state index in [0.717, 1.165) is 17.9 Å². The highest BCUT2D eigenvalue weighted by Crippen LogP contribution is 2.47. The van der Waals surface area contributed by atoms with Gasteiger partial charge in [0.2, 0.25) is 0 Å². The molecule has 2 fully saturated rings. The van der Waals surface area contributed by atoms with E-state index < -0.39 is 0 Å². The summed E-state index contributed by atoms with van der Waals surface area (Å²) in [5.41, 5.74) is 0. The SMILES string of the molecule is O=CC1(CC2CCCSCCS2)SCCS1. The zero-order valence-corrected chi connectivity index (χ0v) is 12.6. The molecule has 0 aromatic carbocycles. The van der Waals surface area contributed by atoms with Crippen LogP contribution in [0.4, 0.5) is 0 Å². The number of rotatable bonds is 3. The Balaban J connectivity index is 1.87. The zero-order chi connectivity index (χ0) is 11.3. The van der Waals surface area contributed by atoms with E-state index in [-0.39, 0.29) is 4.08 Å². The van der Waals surface area contributed by atoms with Gasteiger partial charge in [-0.25, -0.2) is 0 Å². The van der Waals surface area contributed by atoms with Crippen molar-refractivity contribution in [1.82, 2.24) is 0 Å². The molecule has 2 rings (SSSR count). The highest BCUT2D eigenvalue weighted by molar-refractivity contribution is 8.22. The van der Waals surface area contributed by atoms with Crippen LogP contribution < -0.4 is 0 Å². The Hall–Kier alpha value is 1.07. The number of hydrogen-bond donors (Lipinski definition) is 0. The van der Waals surface area contributed by atoms with Crippen molar-refractivity contribution in [1.29, 1.82) is 0 Å². The Bertz CT molecular complexity index is 220. The van der Waals surface area contributed by atoms with Crippen LogP contribution in [0.3, 0.4) is 0 Å². The molecule has 0 aromatic heterocycles. The Kier molecular flexibility index (Phi) is 5.79. The van der Waals surface area contributed by atoms with Gasteiger partial charge in [0.15, 0.2) is 0 Å². The summed E-state index contributed by atoms with van der Waals surface area (Å²) in [7, 11) is 0. The Morgan fingerprint density at radius 2 is 1.94 bits per heavy atom.